The number of hydrogen-bond acceptors (Lipinski definition) is 4. The summed E-state index contributed by atoms with van der Waals surface area (Å²) in [5.41, 5.74) is 7.65. The molecule has 7 aromatic carbocycles. The van der Waals surface area contributed by atoms with Gasteiger partial charge in [-0.25, -0.2) is 15.0 Å². The molecule has 0 saturated carbocycles. The highest BCUT2D eigenvalue weighted by Gasteiger charge is 2.21. The summed E-state index contributed by atoms with van der Waals surface area (Å²) in [6.45, 7) is 0. The van der Waals surface area contributed by atoms with Crippen LogP contribution < -0.4 is 0 Å². The second-order valence-electron chi connectivity index (χ2n) is 12.0. The topological polar surface area (TPSA) is 56.7 Å². The monoisotopic (exact) mass is 614 g/mol. The molecule has 224 valence electrons. The minimum absolute atomic E-state index is 0.599. The molecule has 0 fully saturated rings. The Bertz CT molecular complexity index is 2790. The maximum Gasteiger partial charge on any atom is 0.164 e. The highest BCUT2D eigenvalue weighted by Crippen LogP contribution is 2.41. The Morgan fingerprint density at radius 1 is 0.417 bits per heavy atom. The first-order valence-corrected chi connectivity index (χ1v) is 16.0. The Labute approximate surface area is 275 Å². The van der Waals surface area contributed by atoms with Crippen molar-refractivity contribution in [2.45, 2.75) is 0 Å². The molecule has 10 rings (SSSR count). The minimum Gasteiger partial charge on any atom is -0.454 e. The Balaban J connectivity index is 1.25. The van der Waals surface area contributed by atoms with E-state index >= 15 is 0 Å². The zero-order chi connectivity index (χ0) is 31.6. The lowest BCUT2D eigenvalue weighted by atomic mass is 10.0. The molecule has 0 amide bonds. The molecule has 0 radical (unpaired) electrons. The lowest BCUT2D eigenvalue weighted by Crippen LogP contribution is -2.00. The van der Waals surface area contributed by atoms with Crippen LogP contribution in [-0.4, -0.2) is 19.5 Å². The summed E-state index contributed by atoms with van der Waals surface area (Å²) in [4.78, 5) is 15.3. The minimum atomic E-state index is 0.599. The van der Waals surface area contributed by atoms with Crippen LogP contribution in [0.1, 0.15) is 0 Å². The van der Waals surface area contributed by atoms with Crippen molar-refractivity contribution in [2.24, 2.45) is 0 Å². The average molecular weight is 615 g/mol. The third kappa shape index (κ3) is 4.01. The molecule has 10 aromatic rings. The van der Waals surface area contributed by atoms with Crippen molar-refractivity contribution in [2.75, 3.05) is 0 Å². The van der Waals surface area contributed by atoms with E-state index in [4.69, 9.17) is 19.4 Å². The highest BCUT2D eigenvalue weighted by atomic mass is 16.3. The molecule has 0 aliphatic carbocycles. The zero-order valence-electron chi connectivity index (χ0n) is 25.7. The van der Waals surface area contributed by atoms with Gasteiger partial charge in [0.2, 0.25) is 0 Å². The van der Waals surface area contributed by atoms with E-state index in [9.17, 15) is 0 Å². The smallest absolute Gasteiger partial charge is 0.164 e. The number of benzene rings is 7. The molecule has 0 bridgehead atoms. The van der Waals surface area contributed by atoms with Crippen molar-refractivity contribution >= 4 is 54.5 Å². The lowest BCUT2D eigenvalue weighted by Gasteiger charge is -2.11. The first-order valence-electron chi connectivity index (χ1n) is 16.0. The standard InChI is InChI=1S/C43H26N4O/c1-2-14-28(15-3-1)41-44-42(32-20-10-16-27-13-4-5-17-29(27)32)46-43(45-41)34-22-12-26-38-39(34)33-21-11-25-37(40(33)48-38)47-35-23-8-6-18-30(35)31-19-7-9-24-36(31)47/h1-26H. The van der Waals surface area contributed by atoms with Crippen LogP contribution in [0.2, 0.25) is 0 Å². The molecule has 0 aliphatic rings. The molecule has 5 heteroatoms. The van der Waals surface area contributed by atoms with Gasteiger partial charge in [0.25, 0.3) is 0 Å². The summed E-state index contributed by atoms with van der Waals surface area (Å²) in [6, 6.07) is 54.3. The summed E-state index contributed by atoms with van der Waals surface area (Å²) in [7, 11) is 0. The van der Waals surface area contributed by atoms with E-state index in [-0.39, 0.29) is 0 Å². The first-order chi connectivity index (χ1) is 23.8. The fraction of sp³-hybridized carbons (Fsp3) is 0. The van der Waals surface area contributed by atoms with Gasteiger partial charge in [-0.15, -0.1) is 0 Å². The Hall–Kier alpha value is -6.59. The summed E-state index contributed by atoms with van der Waals surface area (Å²) in [5, 5.41) is 6.64. The molecule has 3 heterocycles. The van der Waals surface area contributed by atoms with Crippen LogP contribution in [0.25, 0.3) is 94.4 Å². The second kappa shape index (κ2) is 10.5. The normalized spacial score (nSPS) is 11.8. The van der Waals surface area contributed by atoms with E-state index < -0.39 is 0 Å². The van der Waals surface area contributed by atoms with Gasteiger partial charge in [0.05, 0.1) is 16.7 Å². The van der Waals surface area contributed by atoms with Crippen LogP contribution >= 0.6 is 0 Å². The van der Waals surface area contributed by atoms with Gasteiger partial charge in [-0.05, 0) is 35.0 Å². The second-order valence-corrected chi connectivity index (χ2v) is 12.0. The third-order valence-electron chi connectivity index (χ3n) is 9.26. The lowest BCUT2D eigenvalue weighted by molar-refractivity contribution is 0.666. The van der Waals surface area contributed by atoms with Gasteiger partial charge >= 0.3 is 0 Å². The van der Waals surface area contributed by atoms with E-state index in [1.807, 2.05) is 42.5 Å². The van der Waals surface area contributed by atoms with Crippen molar-refractivity contribution in [3.05, 3.63) is 158 Å². The number of nitrogens with zero attached hydrogens (tertiary/aromatic N) is 4. The van der Waals surface area contributed by atoms with Crippen LogP contribution in [0.3, 0.4) is 0 Å². The number of hydrogen-bond donors (Lipinski definition) is 0. The van der Waals surface area contributed by atoms with Crippen molar-refractivity contribution in [3.8, 4) is 39.9 Å². The van der Waals surface area contributed by atoms with Crippen LogP contribution in [0, 0.1) is 0 Å². The molecule has 0 atom stereocenters. The predicted octanol–water partition coefficient (Wildman–Crippen LogP) is 11.0. The van der Waals surface area contributed by atoms with Crippen LogP contribution in [0.15, 0.2) is 162 Å². The Morgan fingerprint density at radius 2 is 0.979 bits per heavy atom. The first kappa shape index (κ1) is 26.6. The number of rotatable bonds is 4. The third-order valence-corrected chi connectivity index (χ3v) is 9.26. The maximum absolute atomic E-state index is 6.76. The largest absolute Gasteiger partial charge is 0.454 e. The van der Waals surface area contributed by atoms with Gasteiger partial charge in [-0.3, -0.25) is 0 Å². The molecule has 0 spiro atoms. The van der Waals surface area contributed by atoms with Gasteiger partial charge in [-0.2, -0.15) is 0 Å². The Morgan fingerprint density at radius 3 is 1.77 bits per heavy atom. The molecule has 0 N–H and O–H groups in total. The van der Waals surface area contributed by atoms with Crippen LogP contribution in [0.4, 0.5) is 0 Å². The van der Waals surface area contributed by atoms with Crippen LogP contribution in [-0.2, 0) is 0 Å². The molecule has 5 nitrogen and oxygen atoms in total. The van der Waals surface area contributed by atoms with E-state index in [0.29, 0.717) is 17.5 Å². The number of furan rings is 1. The quantitative estimate of drug-likeness (QED) is 0.198. The SMILES string of the molecule is c1ccc(-c2nc(-c3cccc4ccccc34)nc(-c3cccc4oc5c(-n6c7ccccc7c7ccccc76)cccc5c34)n2)cc1. The van der Waals surface area contributed by atoms with Crippen molar-refractivity contribution < 1.29 is 4.42 Å². The maximum atomic E-state index is 6.76. The number of para-hydroxylation sites is 3. The number of fused-ring (bicyclic) bond motifs is 7. The molecular formula is C43H26N4O. The van der Waals surface area contributed by atoms with Gasteiger partial charge in [0.1, 0.15) is 5.58 Å². The summed E-state index contributed by atoms with van der Waals surface area (Å²) in [5.74, 6) is 1.85. The van der Waals surface area contributed by atoms with Crippen molar-refractivity contribution in [1.29, 1.82) is 0 Å². The fourth-order valence-electron chi connectivity index (χ4n) is 7.13. The molecule has 0 saturated heterocycles. The summed E-state index contributed by atoms with van der Waals surface area (Å²) < 4.78 is 9.07. The molecule has 0 unspecified atom stereocenters. The van der Waals surface area contributed by atoms with Gasteiger partial charge in [0.15, 0.2) is 23.1 Å². The van der Waals surface area contributed by atoms with Gasteiger partial charge in [0, 0.05) is 38.2 Å². The fourth-order valence-corrected chi connectivity index (χ4v) is 7.13. The summed E-state index contributed by atoms with van der Waals surface area (Å²) >= 11 is 0. The number of aromatic nitrogens is 4. The molecule has 48 heavy (non-hydrogen) atoms. The van der Waals surface area contributed by atoms with E-state index in [2.05, 4.69) is 120 Å². The van der Waals surface area contributed by atoms with E-state index in [1.165, 1.54) is 10.8 Å². The van der Waals surface area contributed by atoms with Crippen molar-refractivity contribution in [1.82, 2.24) is 19.5 Å². The molecule has 0 aliphatic heterocycles. The molecular weight excluding hydrogens is 589 g/mol. The van der Waals surface area contributed by atoms with Crippen LogP contribution in [0.5, 0.6) is 0 Å². The Kier molecular flexibility index (Phi) is 5.81. The molecule has 3 aromatic heterocycles. The zero-order valence-corrected chi connectivity index (χ0v) is 25.7. The van der Waals surface area contributed by atoms with Gasteiger partial charge < -0.3 is 8.98 Å². The average Bonchev–Trinajstić information content (AvgIpc) is 3.71. The van der Waals surface area contributed by atoms with E-state index in [0.717, 1.165) is 66.1 Å². The van der Waals surface area contributed by atoms with E-state index in [1.54, 1.807) is 0 Å². The van der Waals surface area contributed by atoms with Gasteiger partial charge in [-0.1, -0.05) is 133 Å². The van der Waals surface area contributed by atoms with Crippen molar-refractivity contribution in [3.63, 3.8) is 0 Å². The highest BCUT2D eigenvalue weighted by molar-refractivity contribution is 6.15. The summed E-state index contributed by atoms with van der Waals surface area (Å²) in [6.07, 6.45) is 0. The predicted molar refractivity (Wildman–Crippen MR) is 195 cm³/mol.